The summed E-state index contributed by atoms with van der Waals surface area (Å²) in [7, 11) is -3.79. The first-order valence-corrected chi connectivity index (χ1v) is 12.5. The Morgan fingerprint density at radius 1 is 1.23 bits per heavy atom. The first-order valence-electron chi connectivity index (χ1n) is 10.6. The lowest BCUT2D eigenvalue weighted by molar-refractivity contribution is -0.906. The Bertz CT molecular complexity index is 890. The van der Waals surface area contributed by atoms with E-state index in [4.69, 9.17) is 16.3 Å². The molecule has 0 atom stereocenters. The van der Waals surface area contributed by atoms with E-state index < -0.39 is 15.9 Å². The Hall–Kier alpha value is -1.72. The first-order chi connectivity index (χ1) is 14.9. The van der Waals surface area contributed by atoms with Crippen LogP contribution in [-0.4, -0.2) is 84.2 Å². The summed E-state index contributed by atoms with van der Waals surface area (Å²) in [6.45, 7) is 5.95. The van der Waals surface area contributed by atoms with Crippen LogP contribution in [0.1, 0.15) is 29.6 Å². The number of quaternary nitrogens is 1. The van der Waals surface area contributed by atoms with Crippen LogP contribution in [0.4, 0.5) is 0 Å². The molecule has 2 heterocycles. The molecule has 0 aliphatic carbocycles. The minimum Gasteiger partial charge on any atom is -0.370 e. The maximum absolute atomic E-state index is 12.6. The highest BCUT2D eigenvalue weighted by Crippen LogP contribution is 2.20. The monoisotopic (exact) mass is 473 g/mol. The lowest BCUT2D eigenvalue weighted by Gasteiger charge is -2.23. The van der Waals surface area contributed by atoms with Gasteiger partial charge < -0.3 is 19.9 Å². The van der Waals surface area contributed by atoms with E-state index in [1.165, 1.54) is 23.1 Å². The van der Waals surface area contributed by atoms with Crippen LogP contribution in [0.2, 0.25) is 5.02 Å². The van der Waals surface area contributed by atoms with Gasteiger partial charge in [0.05, 0.1) is 41.8 Å². The molecule has 172 valence electrons. The number of hydrogen-bond donors (Lipinski definition) is 3. The summed E-state index contributed by atoms with van der Waals surface area (Å²) in [6, 6.07) is 4.09. The number of nitrogens with zero attached hydrogens (tertiary/aromatic N) is 1. The highest BCUT2D eigenvalue weighted by Gasteiger charge is 2.21. The zero-order valence-corrected chi connectivity index (χ0v) is 19.1. The summed E-state index contributed by atoms with van der Waals surface area (Å²) >= 11 is 6.15. The Morgan fingerprint density at radius 2 is 2.00 bits per heavy atom. The number of carbonyl (C=O) groups excluding carboxylic acids is 2. The smallest absolute Gasteiger partial charge is 0.253 e. The molecule has 0 unspecified atom stereocenters. The molecule has 0 radical (unpaired) electrons. The predicted octanol–water partition coefficient (Wildman–Crippen LogP) is -0.724. The topological polar surface area (TPSA) is 109 Å². The van der Waals surface area contributed by atoms with E-state index in [9.17, 15) is 18.0 Å². The molecular weight excluding hydrogens is 444 g/mol. The summed E-state index contributed by atoms with van der Waals surface area (Å²) in [6.07, 6.45) is 1.94. The van der Waals surface area contributed by atoms with Gasteiger partial charge in [-0.1, -0.05) is 11.6 Å². The minimum atomic E-state index is -3.79. The summed E-state index contributed by atoms with van der Waals surface area (Å²) in [5.74, 6) is -0.284. The standard InChI is InChI=1S/C20H29ClN4O5S/c21-18-5-4-16(31(28,29)23-6-2-9-25-8-1-3-19(25)26)15-17(18)20(27)22-7-10-24-11-13-30-14-12-24/h4-5,15,23H,1-3,6-14H2,(H,22,27)/p+1. The zero-order valence-electron chi connectivity index (χ0n) is 17.5. The molecule has 3 rings (SSSR count). The van der Waals surface area contributed by atoms with Crippen molar-refractivity contribution in [2.45, 2.75) is 24.2 Å². The normalized spacial score (nSPS) is 17.8. The molecule has 11 heteroatoms. The molecule has 9 nitrogen and oxygen atoms in total. The fraction of sp³-hybridized carbons (Fsp3) is 0.600. The molecule has 0 saturated carbocycles. The number of sulfonamides is 1. The second-order valence-electron chi connectivity index (χ2n) is 7.75. The Labute approximate surface area is 188 Å². The Balaban J connectivity index is 1.51. The summed E-state index contributed by atoms with van der Waals surface area (Å²) in [5.41, 5.74) is 0.129. The van der Waals surface area contributed by atoms with Crippen molar-refractivity contribution in [3.8, 4) is 0 Å². The maximum Gasteiger partial charge on any atom is 0.253 e. The van der Waals surface area contributed by atoms with Crippen molar-refractivity contribution in [3.63, 3.8) is 0 Å². The molecule has 0 spiro atoms. The molecule has 2 aliphatic heterocycles. The number of nitrogens with one attached hydrogen (secondary N) is 3. The molecular formula is C20H30ClN4O5S+. The van der Waals surface area contributed by atoms with Gasteiger partial charge in [-0.2, -0.15) is 0 Å². The van der Waals surface area contributed by atoms with Crippen LogP contribution in [0.5, 0.6) is 0 Å². The fourth-order valence-electron chi connectivity index (χ4n) is 3.70. The number of ether oxygens (including phenoxy) is 1. The number of morpholine rings is 1. The lowest BCUT2D eigenvalue weighted by atomic mass is 10.2. The van der Waals surface area contributed by atoms with E-state index in [2.05, 4.69) is 10.0 Å². The highest BCUT2D eigenvalue weighted by atomic mass is 35.5. The van der Waals surface area contributed by atoms with Gasteiger partial charge in [0, 0.05) is 26.1 Å². The molecule has 0 aromatic heterocycles. The molecule has 2 aliphatic rings. The van der Waals surface area contributed by atoms with Crippen molar-refractivity contribution < 1.29 is 27.6 Å². The number of carbonyl (C=O) groups is 2. The number of amides is 2. The van der Waals surface area contributed by atoms with Gasteiger partial charge in [-0.15, -0.1) is 0 Å². The van der Waals surface area contributed by atoms with Gasteiger partial charge in [-0.05, 0) is 31.0 Å². The SMILES string of the molecule is O=C(NCC[NH+]1CCOCC1)c1cc(S(=O)(=O)NCCCN2CCCC2=O)ccc1Cl. The zero-order chi connectivity index (χ0) is 22.3. The Kier molecular flexibility index (Phi) is 8.67. The lowest BCUT2D eigenvalue weighted by Crippen LogP contribution is -3.14. The van der Waals surface area contributed by atoms with Crippen molar-refractivity contribution in [1.82, 2.24) is 14.9 Å². The summed E-state index contributed by atoms with van der Waals surface area (Å²) in [5, 5.41) is 3.01. The van der Waals surface area contributed by atoms with Crippen molar-refractivity contribution in [2.75, 3.05) is 59.0 Å². The van der Waals surface area contributed by atoms with Gasteiger partial charge in [0.15, 0.2) is 0 Å². The second kappa shape index (κ2) is 11.2. The van der Waals surface area contributed by atoms with Crippen molar-refractivity contribution in [1.29, 1.82) is 0 Å². The average Bonchev–Trinajstić information content (AvgIpc) is 3.16. The largest absolute Gasteiger partial charge is 0.370 e. The molecule has 1 aromatic rings. The van der Waals surface area contributed by atoms with Gasteiger partial charge in [-0.25, -0.2) is 13.1 Å². The van der Waals surface area contributed by atoms with Gasteiger partial charge in [0.2, 0.25) is 15.9 Å². The van der Waals surface area contributed by atoms with E-state index in [0.29, 0.717) is 25.9 Å². The van der Waals surface area contributed by atoms with Crippen molar-refractivity contribution in [3.05, 3.63) is 28.8 Å². The second-order valence-corrected chi connectivity index (χ2v) is 9.92. The van der Waals surface area contributed by atoms with Gasteiger partial charge in [0.1, 0.15) is 13.1 Å². The van der Waals surface area contributed by atoms with Crippen LogP contribution in [0.15, 0.2) is 23.1 Å². The van der Waals surface area contributed by atoms with Crippen LogP contribution in [0.25, 0.3) is 0 Å². The van der Waals surface area contributed by atoms with Crippen molar-refractivity contribution in [2.24, 2.45) is 0 Å². The molecule has 31 heavy (non-hydrogen) atoms. The van der Waals surface area contributed by atoms with Crippen LogP contribution < -0.4 is 14.9 Å². The van der Waals surface area contributed by atoms with E-state index in [1.54, 1.807) is 4.90 Å². The average molecular weight is 474 g/mol. The van der Waals surface area contributed by atoms with E-state index in [0.717, 1.165) is 45.8 Å². The van der Waals surface area contributed by atoms with Crippen LogP contribution in [0.3, 0.4) is 0 Å². The molecule has 2 fully saturated rings. The van der Waals surface area contributed by atoms with Crippen LogP contribution in [0, 0.1) is 0 Å². The third-order valence-corrected chi connectivity index (χ3v) is 7.31. The number of rotatable bonds is 10. The molecule has 2 saturated heterocycles. The molecule has 3 N–H and O–H groups in total. The number of halogens is 1. The predicted molar refractivity (Wildman–Crippen MR) is 116 cm³/mol. The fourth-order valence-corrected chi connectivity index (χ4v) is 5.01. The van der Waals surface area contributed by atoms with E-state index in [1.807, 2.05) is 0 Å². The van der Waals surface area contributed by atoms with Crippen LogP contribution >= 0.6 is 11.6 Å². The minimum absolute atomic E-state index is 0.0156. The quantitative estimate of drug-likeness (QED) is 0.388. The molecule has 2 amide bonds. The molecule has 0 bridgehead atoms. The third-order valence-electron chi connectivity index (χ3n) is 5.53. The first kappa shape index (κ1) is 23.9. The van der Waals surface area contributed by atoms with Gasteiger partial charge in [0.25, 0.3) is 5.91 Å². The van der Waals surface area contributed by atoms with E-state index >= 15 is 0 Å². The number of benzene rings is 1. The van der Waals surface area contributed by atoms with Crippen molar-refractivity contribution >= 4 is 33.4 Å². The van der Waals surface area contributed by atoms with Gasteiger partial charge in [-0.3, -0.25) is 9.59 Å². The maximum atomic E-state index is 12.6. The van der Waals surface area contributed by atoms with Crippen LogP contribution in [-0.2, 0) is 19.6 Å². The third kappa shape index (κ3) is 6.88. The summed E-state index contributed by atoms with van der Waals surface area (Å²) < 4.78 is 33.1. The number of likely N-dealkylation sites (tertiary alicyclic amines) is 1. The highest BCUT2D eigenvalue weighted by molar-refractivity contribution is 7.89. The van der Waals surface area contributed by atoms with E-state index in [-0.39, 0.29) is 27.9 Å². The summed E-state index contributed by atoms with van der Waals surface area (Å²) in [4.78, 5) is 27.2. The van der Waals surface area contributed by atoms with Gasteiger partial charge >= 0.3 is 0 Å². The molecule has 1 aromatic carbocycles. The number of hydrogen-bond acceptors (Lipinski definition) is 5. The Morgan fingerprint density at radius 3 is 2.71 bits per heavy atom.